The van der Waals surface area contributed by atoms with Crippen LogP contribution in [0.4, 0.5) is 0 Å². The minimum Gasteiger partial charge on any atom is -0.747 e. The second kappa shape index (κ2) is 2.48. The topological polar surface area (TPSA) is 91.3 Å². The lowest BCUT2D eigenvalue weighted by Crippen LogP contribution is -2.25. The number of rotatable bonds is 2. The van der Waals surface area contributed by atoms with Crippen molar-refractivity contribution in [3.05, 3.63) is 0 Å². The van der Waals surface area contributed by atoms with Crippen molar-refractivity contribution in [3.63, 3.8) is 0 Å². The second-order valence-electron chi connectivity index (χ2n) is 1.89. The van der Waals surface area contributed by atoms with Gasteiger partial charge in [-0.05, 0) is 6.92 Å². The average Bonchev–Trinajstić information content (AvgIpc) is 1.59. The van der Waals surface area contributed by atoms with E-state index in [1.807, 2.05) is 0 Å². The van der Waals surface area contributed by atoms with Crippen molar-refractivity contribution in [3.8, 4) is 0 Å². The zero-order chi connectivity index (χ0) is 8.58. The largest absolute Gasteiger partial charge is 0.747 e. The maximum atomic E-state index is 10.4. The van der Waals surface area contributed by atoms with E-state index in [1.54, 1.807) is 0 Å². The standard InChI is InChI=1S/C3H8O5S2/c1-3(9(2,4)5)10(6,7)8/h3H,1-2H3,(H,6,7,8)/p-1. The summed E-state index contributed by atoms with van der Waals surface area (Å²) in [6.07, 6.45) is 0.702. The summed E-state index contributed by atoms with van der Waals surface area (Å²) in [5, 5.41) is 0. The van der Waals surface area contributed by atoms with Crippen LogP contribution in [0.2, 0.25) is 0 Å². The minimum atomic E-state index is -4.70. The summed E-state index contributed by atoms with van der Waals surface area (Å²) in [4.78, 5) is 0. The normalized spacial score (nSPS) is 16.7. The van der Waals surface area contributed by atoms with Gasteiger partial charge in [0.05, 0.1) is 0 Å². The van der Waals surface area contributed by atoms with Gasteiger partial charge in [0.2, 0.25) is 0 Å². The lowest BCUT2D eigenvalue weighted by Gasteiger charge is -2.12. The molecule has 0 aromatic rings. The van der Waals surface area contributed by atoms with Gasteiger partial charge in [-0.2, -0.15) is 0 Å². The Bertz CT molecular complexity index is 264. The van der Waals surface area contributed by atoms with Crippen LogP contribution in [0.5, 0.6) is 0 Å². The molecule has 0 fully saturated rings. The molecule has 7 heteroatoms. The Hall–Kier alpha value is -0.140. The van der Waals surface area contributed by atoms with E-state index >= 15 is 0 Å². The molecule has 0 amide bonds. The first-order valence-corrected chi connectivity index (χ1v) is 5.72. The van der Waals surface area contributed by atoms with E-state index in [2.05, 4.69) is 0 Å². The van der Waals surface area contributed by atoms with Crippen LogP contribution in [0.15, 0.2) is 0 Å². The average molecular weight is 187 g/mol. The molecule has 0 saturated carbocycles. The summed E-state index contributed by atoms with van der Waals surface area (Å²) >= 11 is 0. The highest BCUT2D eigenvalue weighted by Gasteiger charge is 2.20. The van der Waals surface area contributed by atoms with Crippen LogP contribution < -0.4 is 0 Å². The second-order valence-corrected chi connectivity index (χ2v) is 6.25. The molecule has 0 heterocycles. The molecule has 0 aromatic carbocycles. The van der Waals surface area contributed by atoms with Gasteiger partial charge >= 0.3 is 0 Å². The highest BCUT2D eigenvalue weighted by atomic mass is 32.3. The monoisotopic (exact) mass is 187 g/mol. The Morgan fingerprint density at radius 1 is 1.20 bits per heavy atom. The number of hydrogen-bond acceptors (Lipinski definition) is 5. The molecule has 5 nitrogen and oxygen atoms in total. The van der Waals surface area contributed by atoms with Crippen molar-refractivity contribution in [2.45, 2.75) is 11.5 Å². The molecule has 0 radical (unpaired) electrons. The smallest absolute Gasteiger partial charge is 0.163 e. The molecule has 0 bridgehead atoms. The van der Waals surface area contributed by atoms with E-state index < -0.39 is 24.5 Å². The highest BCUT2D eigenvalue weighted by Crippen LogP contribution is 2.03. The third-order valence-electron chi connectivity index (χ3n) is 1.01. The molecular formula is C3H7O5S2-. The number of sulfone groups is 1. The van der Waals surface area contributed by atoms with Gasteiger partial charge in [0.1, 0.15) is 14.7 Å². The molecule has 1 unspecified atom stereocenters. The maximum absolute atomic E-state index is 10.4. The summed E-state index contributed by atoms with van der Waals surface area (Å²) in [5.41, 5.74) is 0. The summed E-state index contributed by atoms with van der Waals surface area (Å²) in [5.74, 6) is 0. The fourth-order valence-corrected chi connectivity index (χ4v) is 1.93. The lowest BCUT2D eigenvalue weighted by molar-refractivity contribution is 0.459. The molecular weight excluding hydrogens is 180 g/mol. The van der Waals surface area contributed by atoms with Crippen LogP contribution >= 0.6 is 0 Å². The third-order valence-corrected chi connectivity index (χ3v) is 4.78. The van der Waals surface area contributed by atoms with Crippen LogP contribution in [0.25, 0.3) is 0 Å². The van der Waals surface area contributed by atoms with Crippen LogP contribution in [0.3, 0.4) is 0 Å². The van der Waals surface area contributed by atoms with Crippen LogP contribution in [0.1, 0.15) is 6.92 Å². The number of hydrogen-bond donors (Lipinski definition) is 0. The van der Waals surface area contributed by atoms with Crippen molar-refractivity contribution in [1.29, 1.82) is 0 Å². The summed E-state index contributed by atoms with van der Waals surface area (Å²) < 4.78 is 49.1. The Morgan fingerprint density at radius 2 is 1.50 bits per heavy atom. The molecule has 0 aromatic heterocycles. The Morgan fingerprint density at radius 3 is 1.50 bits per heavy atom. The molecule has 0 rings (SSSR count). The molecule has 0 aliphatic carbocycles. The molecule has 0 aliphatic rings. The Kier molecular flexibility index (Phi) is 2.44. The minimum absolute atomic E-state index is 0.702. The molecule has 0 N–H and O–H groups in total. The molecule has 0 aliphatic heterocycles. The first-order chi connectivity index (χ1) is 4.15. The van der Waals surface area contributed by atoms with E-state index in [0.29, 0.717) is 6.26 Å². The molecule has 1 atom stereocenters. The summed E-state index contributed by atoms with van der Waals surface area (Å²) in [7, 11) is -8.46. The van der Waals surface area contributed by atoms with Gasteiger partial charge in [-0.15, -0.1) is 0 Å². The molecule has 0 saturated heterocycles. The Balaban J connectivity index is 4.94. The fourth-order valence-electron chi connectivity index (χ4n) is 0.214. The van der Waals surface area contributed by atoms with Crippen molar-refractivity contribution in [1.82, 2.24) is 0 Å². The van der Waals surface area contributed by atoms with E-state index in [1.165, 1.54) is 0 Å². The van der Waals surface area contributed by atoms with Crippen LogP contribution in [0, 0.1) is 0 Å². The molecule has 0 spiro atoms. The van der Waals surface area contributed by atoms with Crippen molar-refractivity contribution >= 4 is 20.0 Å². The zero-order valence-electron chi connectivity index (χ0n) is 5.44. The van der Waals surface area contributed by atoms with Gasteiger partial charge in [-0.25, -0.2) is 16.8 Å². The van der Waals surface area contributed by atoms with Gasteiger partial charge in [0.15, 0.2) is 9.84 Å². The van der Waals surface area contributed by atoms with E-state index in [0.717, 1.165) is 6.92 Å². The van der Waals surface area contributed by atoms with Crippen LogP contribution in [-0.2, 0) is 20.0 Å². The van der Waals surface area contributed by atoms with Gasteiger partial charge in [0.25, 0.3) is 0 Å². The first kappa shape index (κ1) is 9.86. The maximum Gasteiger partial charge on any atom is 0.163 e. The van der Waals surface area contributed by atoms with Crippen molar-refractivity contribution in [2.24, 2.45) is 0 Å². The quantitative estimate of drug-likeness (QED) is 0.513. The molecule has 10 heavy (non-hydrogen) atoms. The highest BCUT2D eigenvalue weighted by molar-refractivity contribution is 8.06. The van der Waals surface area contributed by atoms with E-state index in [-0.39, 0.29) is 0 Å². The van der Waals surface area contributed by atoms with E-state index in [4.69, 9.17) is 0 Å². The Labute approximate surface area is 59.7 Å². The third kappa shape index (κ3) is 2.63. The predicted octanol–water partition coefficient (Wildman–Crippen LogP) is -1.08. The molecule has 62 valence electrons. The summed E-state index contributed by atoms with van der Waals surface area (Å²) in [6.45, 7) is 0.845. The van der Waals surface area contributed by atoms with Gasteiger partial charge in [-0.3, -0.25) is 0 Å². The first-order valence-electron chi connectivity index (χ1n) is 2.29. The van der Waals surface area contributed by atoms with E-state index in [9.17, 15) is 21.4 Å². The fraction of sp³-hybridized carbons (Fsp3) is 1.00. The van der Waals surface area contributed by atoms with Gasteiger partial charge in [-0.1, -0.05) is 0 Å². The van der Waals surface area contributed by atoms with Gasteiger partial charge < -0.3 is 4.55 Å². The lowest BCUT2D eigenvalue weighted by atomic mass is 11.0. The SMILES string of the molecule is CC(S(C)(=O)=O)S(=O)(=O)[O-]. The van der Waals surface area contributed by atoms with Crippen LogP contribution in [-0.4, -0.2) is 32.2 Å². The summed E-state index contributed by atoms with van der Waals surface area (Å²) in [6, 6.07) is 0. The van der Waals surface area contributed by atoms with Crippen molar-refractivity contribution < 1.29 is 21.4 Å². The van der Waals surface area contributed by atoms with Gasteiger partial charge in [0, 0.05) is 6.26 Å². The zero-order valence-corrected chi connectivity index (χ0v) is 7.07. The predicted molar refractivity (Wildman–Crippen MR) is 34.0 cm³/mol. The van der Waals surface area contributed by atoms with Crippen molar-refractivity contribution in [2.75, 3.05) is 6.26 Å².